The maximum absolute atomic E-state index is 11.9. The third kappa shape index (κ3) is 2.05. The second kappa shape index (κ2) is 3.25. The van der Waals surface area contributed by atoms with Crippen LogP contribution < -0.4 is 0 Å². The average molecular weight is 280 g/mol. The Morgan fingerprint density at radius 1 is 0.846 bits per heavy atom. The Balaban J connectivity index is 5.04. The monoisotopic (exact) mass is 279 g/mol. The largest absolute Gasteiger partial charge is 0.460 e. The van der Waals surface area contributed by atoms with Gasteiger partial charge in [-0.15, -0.1) is 0 Å². The molecule has 0 bridgehead atoms. The van der Waals surface area contributed by atoms with Crippen LogP contribution in [0.25, 0.3) is 0 Å². The minimum Gasteiger partial charge on any atom is -0.219 e. The van der Waals surface area contributed by atoms with Crippen LogP contribution in [0.5, 0.6) is 0 Å². The van der Waals surface area contributed by atoms with Crippen molar-refractivity contribution < 1.29 is 35.1 Å². The highest BCUT2D eigenvalue weighted by atomic mass is 79.9. The summed E-state index contributed by atoms with van der Waals surface area (Å²) in [6.45, 7) is 0. The van der Waals surface area contributed by atoms with Gasteiger partial charge < -0.3 is 0 Å². The molecule has 0 rings (SSSR count). The molecule has 0 saturated heterocycles. The molecule has 0 aliphatic carbocycles. The van der Waals surface area contributed by atoms with Gasteiger partial charge >= 0.3 is 18.0 Å². The minimum atomic E-state index is -6.51. The van der Waals surface area contributed by atoms with Gasteiger partial charge in [-0.1, -0.05) is 0 Å². The van der Waals surface area contributed by atoms with Crippen molar-refractivity contribution in [3.8, 4) is 0 Å². The van der Waals surface area contributed by atoms with Gasteiger partial charge in [0.2, 0.25) is 0 Å². The lowest BCUT2D eigenvalue weighted by atomic mass is 10.2. The van der Waals surface area contributed by atoms with E-state index >= 15 is 0 Å². The molecular weight excluding hydrogens is 280 g/mol. The fourth-order valence-electron chi connectivity index (χ4n) is 0.297. The maximum atomic E-state index is 11.9. The molecule has 0 aliphatic heterocycles. The highest BCUT2D eigenvalue weighted by Crippen LogP contribution is 2.52. The third-order valence-corrected chi connectivity index (χ3v) is 1.49. The summed E-state index contributed by atoms with van der Waals surface area (Å²) in [5, 5.41) is -2.97. The van der Waals surface area contributed by atoms with Crippen molar-refractivity contribution in [3.63, 3.8) is 0 Å². The molecule has 0 N–H and O–H groups in total. The van der Waals surface area contributed by atoms with Crippen LogP contribution in [-0.2, 0) is 0 Å². The Kier molecular flexibility index (Phi) is 3.23. The second-order valence-electron chi connectivity index (χ2n) is 1.91. The van der Waals surface area contributed by atoms with Crippen molar-refractivity contribution in [2.24, 2.45) is 0 Å². The van der Waals surface area contributed by atoms with Gasteiger partial charge in [-0.2, -0.15) is 30.7 Å². The highest BCUT2D eigenvalue weighted by molar-refractivity contribution is 9.11. The van der Waals surface area contributed by atoms with E-state index in [0.717, 1.165) is 0 Å². The summed E-state index contributed by atoms with van der Waals surface area (Å²) in [6, 6.07) is 0. The molecule has 0 nitrogen and oxygen atoms in total. The number of hydrogen-bond acceptors (Lipinski definition) is 0. The number of hydrogen-bond donors (Lipinski definition) is 0. The Morgan fingerprint density at radius 3 is 1.23 bits per heavy atom. The van der Waals surface area contributed by atoms with E-state index in [1.165, 1.54) is 15.9 Å². The van der Waals surface area contributed by atoms with E-state index in [4.69, 9.17) is 0 Å². The molecule has 0 saturated carbocycles. The molecule has 0 aliphatic rings. The van der Waals surface area contributed by atoms with Crippen molar-refractivity contribution in [2.75, 3.05) is 0 Å². The van der Waals surface area contributed by atoms with E-state index in [0.29, 0.717) is 0 Å². The molecule has 79 valence electrons. The van der Waals surface area contributed by atoms with Crippen molar-refractivity contribution in [1.29, 1.82) is 0 Å². The van der Waals surface area contributed by atoms with Gasteiger partial charge in [0.05, 0.1) is 0 Å². The zero-order chi connectivity index (χ0) is 11.1. The van der Waals surface area contributed by atoms with Gasteiger partial charge in [-0.05, 0) is 15.9 Å². The zero-order valence-corrected chi connectivity index (χ0v) is 6.99. The molecule has 0 unspecified atom stereocenters. The first-order valence-electron chi connectivity index (χ1n) is 2.45. The maximum Gasteiger partial charge on any atom is 0.460 e. The Bertz CT molecular complexity index is 181. The molecule has 0 heterocycles. The smallest absolute Gasteiger partial charge is 0.219 e. The van der Waals surface area contributed by atoms with Crippen LogP contribution in [0.1, 0.15) is 0 Å². The summed E-state index contributed by atoms with van der Waals surface area (Å²) in [5.41, 5.74) is 0. The predicted octanol–water partition coefficient (Wildman–Crippen LogP) is 3.67. The van der Waals surface area contributed by atoms with Gasteiger partial charge in [0, 0.05) is 0 Å². The van der Waals surface area contributed by atoms with Gasteiger partial charge in [0.1, 0.15) is 0 Å². The van der Waals surface area contributed by atoms with Crippen LogP contribution >= 0.6 is 15.9 Å². The summed E-state index contributed by atoms with van der Waals surface area (Å²) in [6.07, 6.45) is -6.51. The molecular formula is C4BrF8. The zero-order valence-electron chi connectivity index (χ0n) is 5.40. The summed E-state index contributed by atoms with van der Waals surface area (Å²) in [5.74, 6) is -12.3. The predicted molar refractivity (Wildman–Crippen MR) is 29.2 cm³/mol. The molecule has 0 aromatic carbocycles. The Labute approximate surface area is 75.0 Å². The lowest BCUT2D eigenvalue weighted by Gasteiger charge is -2.27. The molecule has 9 heteroatoms. The van der Waals surface area contributed by atoms with E-state index < -0.39 is 23.1 Å². The van der Waals surface area contributed by atoms with Gasteiger partial charge in [0.15, 0.2) is 0 Å². The lowest BCUT2D eigenvalue weighted by Crippen LogP contribution is -2.53. The Hall–Kier alpha value is -0.0800. The Morgan fingerprint density at radius 2 is 1.15 bits per heavy atom. The topological polar surface area (TPSA) is 0 Å². The minimum absolute atomic E-state index is 1.24. The first-order valence-corrected chi connectivity index (χ1v) is 3.24. The summed E-state index contributed by atoms with van der Waals surface area (Å²) in [4.78, 5) is 0. The molecule has 0 amide bonds. The van der Waals surface area contributed by atoms with Crippen LogP contribution in [0.15, 0.2) is 0 Å². The van der Waals surface area contributed by atoms with Crippen LogP contribution in [0.4, 0.5) is 35.1 Å². The molecule has 0 aromatic heterocycles. The summed E-state index contributed by atoms with van der Waals surface area (Å²) in [7, 11) is 0. The van der Waals surface area contributed by atoms with Crippen LogP contribution in [0.2, 0.25) is 0 Å². The molecule has 1 radical (unpaired) electrons. The van der Waals surface area contributed by atoms with Crippen LogP contribution in [0.3, 0.4) is 0 Å². The van der Waals surface area contributed by atoms with Crippen molar-refractivity contribution >= 4 is 15.9 Å². The van der Waals surface area contributed by atoms with E-state index in [-0.39, 0.29) is 0 Å². The first kappa shape index (κ1) is 12.9. The number of rotatable bonds is 2. The lowest BCUT2D eigenvalue weighted by molar-refractivity contribution is -0.350. The fraction of sp³-hybridized carbons (Fsp3) is 0.750. The number of halogens is 9. The molecule has 0 atom stereocenters. The normalized spacial score (nSPS) is 15.2. The average Bonchev–Trinajstić information content (AvgIpc) is 1.84. The second-order valence-corrected chi connectivity index (χ2v) is 2.60. The fourth-order valence-corrected chi connectivity index (χ4v) is 0.546. The van der Waals surface area contributed by atoms with E-state index in [1.807, 2.05) is 0 Å². The van der Waals surface area contributed by atoms with Crippen molar-refractivity contribution in [3.05, 3.63) is 5.08 Å². The van der Waals surface area contributed by atoms with Crippen molar-refractivity contribution in [1.82, 2.24) is 0 Å². The van der Waals surface area contributed by atoms with E-state index in [9.17, 15) is 35.1 Å². The standard InChI is InChI=1S/C4BrF8/c5-1(6)2(7,8)3(9,10)4(11,12)13. The number of alkyl halides is 7. The molecule has 13 heavy (non-hydrogen) atoms. The first-order chi connectivity index (χ1) is 5.44. The van der Waals surface area contributed by atoms with E-state index in [1.54, 1.807) is 0 Å². The van der Waals surface area contributed by atoms with Crippen LogP contribution in [0, 0.1) is 5.08 Å². The highest BCUT2D eigenvalue weighted by Gasteiger charge is 2.76. The van der Waals surface area contributed by atoms with Gasteiger partial charge in [-0.25, -0.2) is 4.39 Å². The molecule has 0 fully saturated rings. The SMILES string of the molecule is F[C](Br)C(F)(F)C(F)(F)C(F)(F)F. The molecule has 0 spiro atoms. The van der Waals surface area contributed by atoms with E-state index in [2.05, 4.69) is 0 Å². The van der Waals surface area contributed by atoms with Crippen molar-refractivity contribution in [2.45, 2.75) is 18.0 Å². The summed E-state index contributed by atoms with van der Waals surface area (Å²) >= 11 is 1.24. The van der Waals surface area contributed by atoms with Crippen LogP contribution in [-0.4, -0.2) is 18.0 Å². The quantitative estimate of drug-likeness (QED) is 0.677. The van der Waals surface area contributed by atoms with Gasteiger partial charge in [0.25, 0.3) is 5.08 Å². The molecule has 0 aromatic rings. The summed E-state index contributed by atoms with van der Waals surface area (Å²) < 4.78 is 92.8. The van der Waals surface area contributed by atoms with Gasteiger partial charge in [-0.3, -0.25) is 0 Å². The third-order valence-electron chi connectivity index (χ3n) is 0.988.